The van der Waals surface area contributed by atoms with Crippen LogP contribution in [0.4, 0.5) is 4.39 Å². The van der Waals surface area contributed by atoms with E-state index in [0.717, 1.165) is 28.7 Å². The summed E-state index contributed by atoms with van der Waals surface area (Å²) in [4.78, 5) is 12.6. The Balaban J connectivity index is 1.62. The Morgan fingerprint density at radius 3 is 2.48 bits per heavy atom. The van der Waals surface area contributed by atoms with Gasteiger partial charge in [0.1, 0.15) is 11.6 Å². The Morgan fingerprint density at radius 1 is 1.10 bits per heavy atom. The summed E-state index contributed by atoms with van der Waals surface area (Å²) in [5.41, 5.74) is 1.48. The molecule has 0 aliphatic heterocycles. The van der Waals surface area contributed by atoms with Gasteiger partial charge >= 0.3 is 0 Å². The van der Waals surface area contributed by atoms with Crippen LogP contribution < -0.4 is 4.74 Å². The van der Waals surface area contributed by atoms with Crippen LogP contribution in [-0.4, -0.2) is 33.4 Å². The second kappa shape index (κ2) is 9.64. The first-order valence-electron chi connectivity index (χ1n) is 10.6. The van der Waals surface area contributed by atoms with E-state index in [0.29, 0.717) is 17.5 Å². The van der Waals surface area contributed by atoms with Gasteiger partial charge in [-0.15, -0.1) is 10.2 Å². The number of ether oxygens (including phenoxy) is 1. The number of methoxy groups -OCH3 is 1. The third-order valence-electron chi connectivity index (χ3n) is 5.91. The van der Waals surface area contributed by atoms with E-state index in [1.165, 1.54) is 55.3 Å². The minimum absolute atomic E-state index is 0.0535. The van der Waals surface area contributed by atoms with Crippen LogP contribution in [0.2, 0.25) is 0 Å². The van der Waals surface area contributed by atoms with Crippen LogP contribution in [0.25, 0.3) is 11.4 Å². The molecule has 2 aromatic carbocycles. The van der Waals surface area contributed by atoms with E-state index in [4.69, 9.17) is 4.74 Å². The maximum absolute atomic E-state index is 13.2. The van der Waals surface area contributed by atoms with Gasteiger partial charge in [-0.2, -0.15) is 0 Å². The maximum atomic E-state index is 13.2. The first-order valence-corrected chi connectivity index (χ1v) is 11.6. The second-order valence-corrected chi connectivity index (χ2v) is 8.90. The zero-order valence-corrected chi connectivity index (χ0v) is 18.6. The van der Waals surface area contributed by atoms with Crippen molar-refractivity contribution >= 4 is 17.5 Å². The standard InChI is InChI=1S/C24H26FN3O2S/c1-16-5-3-4-6-21(16)28-23(18-9-13-20(30-2)14-10-18)26-27-24(28)31-15-22(29)17-7-11-19(25)12-8-17/h7-14,16,21H,3-6,15H2,1-2H3/t16-,21-/m0/s1. The number of thioether (sulfide) groups is 1. The fourth-order valence-corrected chi connectivity index (χ4v) is 5.03. The Labute approximate surface area is 186 Å². The lowest BCUT2D eigenvalue weighted by molar-refractivity contribution is 0.102. The van der Waals surface area contributed by atoms with E-state index in [-0.39, 0.29) is 17.4 Å². The number of halogens is 1. The van der Waals surface area contributed by atoms with Crippen molar-refractivity contribution in [3.8, 4) is 17.1 Å². The molecule has 7 heteroatoms. The van der Waals surface area contributed by atoms with Gasteiger partial charge in [0.15, 0.2) is 16.8 Å². The van der Waals surface area contributed by atoms with Gasteiger partial charge in [-0.05, 0) is 67.3 Å². The van der Waals surface area contributed by atoms with Gasteiger partial charge in [0.2, 0.25) is 0 Å². The fourth-order valence-electron chi connectivity index (χ4n) is 4.14. The Morgan fingerprint density at radius 2 is 1.81 bits per heavy atom. The molecule has 1 fully saturated rings. The minimum atomic E-state index is -0.348. The molecular weight excluding hydrogens is 413 g/mol. The molecule has 0 radical (unpaired) electrons. The number of ketones is 1. The van der Waals surface area contributed by atoms with Crippen molar-refractivity contribution in [3.05, 3.63) is 59.9 Å². The normalized spacial score (nSPS) is 18.7. The number of Topliss-reactive ketones (excluding diaryl/α,β-unsaturated/α-hetero) is 1. The molecule has 2 atom stereocenters. The molecule has 1 aliphatic carbocycles. The summed E-state index contributed by atoms with van der Waals surface area (Å²) in [6.07, 6.45) is 4.66. The number of hydrogen-bond donors (Lipinski definition) is 0. The van der Waals surface area contributed by atoms with E-state index in [2.05, 4.69) is 21.7 Å². The Kier molecular flexibility index (Phi) is 6.70. The zero-order valence-electron chi connectivity index (χ0n) is 17.8. The quantitative estimate of drug-likeness (QED) is 0.343. The number of carbonyl (C=O) groups excluding carboxylic acids is 1. The van der Waals surface area contributed by atoms with Crippen molar-refractivity contribution in [1.82, 2.24) is 14.8 Å². The Bertz CT molecular complexity index is 1030. The molecule has 162 valence electrons. The van der Waals surface area contributed by atoms with Gasteiger partial charge in [-0.25, -0.2) is 4.39 Å². The number of hydrogen-bond acceptors (Lipinski definition) is 5. The van der Waals surface area contributed by atoms with Crippen LogP contribution in [0, 0.1) is 11.7 Å². The van der Waals surface area contributed by atoms with Gasteiger partial charge in [-0.1, -0.05) is 31.5 Å². The predicted molar refractivity (Wildman–Crippen MR) is 120 cm³/mol. The molecule has 31 heavy (non-hydrogen) atoms. The van der Waals surface area contributed by atoms with Gasteiger partial charge in [0, 0.05) is 17.2 Å². The number of benzene rings is 2. The molecular formula is C24H26FN3O2S. The number of aromatic nitrogens is 3. The topological polar surface area (TPSA) is 57.0 Å². The van der Waals surface area contributed by atoms with Crippen molar-refractivity contribution < 1.29 is 13.9 Å². The molecule has 4 rings (SSSR count). The lowest BCUT2D eigenvalue weighted by Gasteiger charge is -2.31. The molecule has 1 heterocycles. The molecule has 1 aromatic heterocycles. The van der Waals surface area contributed by atoms with Crippen LogP contribution >= 0.6 is 11.8 Å². The molecule has 1 saturated carbocycles. The summed E-state index contributed by atoms with van der Waals surface area (Å²) in [6, 6.07) is 13.8. The molecule has 5 nitrogen and oxygen atoms in total. The van der Waals surface area contributed by atoms with Crippen LogP contribution in [0.3, 0.4) is 0 Å². The van der Waals surface area contributed by atoms with Crippen molar-refractivity contribution in [2.24, 2.45) is 5.92 Å². The smallest absolute Gasteiger partial charge is 0.192 e. The van der Waals surface area contributed by atoms with E-state index < -0.39 is 0 Å². The van der Waals surface area contributed by atoms with Crippen molar-refractivity contribution in [3.63, 3.8) is 0 Å². The summed E-state index contributed by atoms with van der Waals surface area (Å²) < 4.78 is 20.7. The molecule has 1 aliphatic rings. The number of rotatable bonds is 7. The van der Waals surface area contributed by atoms with Crippen molar-refractivity contribution in [2.45, 2.75) is 43.8 Å². The van der Waals surface area contributed by atoms with Gasteiger partial charge in [-0.3, -0.25) is 9.36 Å². The van der Waals surface area contributed by atoms with Gasteiger partial charge in [0.05, 0.1) is 12.9 Å². The molecule has 3 aromatic rings. The molecule has 0 saturated heterocycles. The third kappa shape index (κ3) is 4.82. The minimum Gasteiger partial charge on any atom is -0.497 e. The number of carbonyl (C=O) groups is 1. The van der Waals surface area contributed by atoms with E-state index in [1.807, 2.05) is 24.3 Å². The highest BCUT2D eigenvalue weighted by atomic mass is 32.2. The van der Waals surface area contributed by atoms with Gasteiger partial charge in [0.25, 0.3) is 0 Å². The lowest BCUT2D eigenvalue weighted by atomic mass is 9.85. The monoisotopic (exact) mass is 439 g/mol. The average molecular weight is 440 g/mol. The van der Waals surface area contributed by atoms with Crippen molar-refractivity contribution in [2.75, 3.05) is 12.9 Å². The Hall–Kier alpha value is -2.67. The third-order valence-corrected chi connectivity index (χ3v) is 6.85. The molecule has 0 bridgehead atoms. The highest BCUT2D eigenvalue weighted by Gasteiger charge is 2.29. The first kappa shape index (κ1) is 21.6. The van der Waals surface area contributed by atoms with Crippen LogP contribution in [0.5, 0.6) is 5.75 Å². The molecule has 0 N–H and O–H groups in total. The summed E-state index contributed by atoms with van der Waals surface area (Å²) in [5.74, 6) is 1.95. The summed E-state index contributed by atoms with van der Waals surface area (Å²) in [7, 11) is 1.65. The van der Waals surface area contributed by atoms with Crippen LogP contribution in [0.1, 0.15) is 49.0 Å². The summed E-state index contributed by atoms with van der Waals surface area (Å²) in [6.45, 7) is 2.28. The van der Waals surface area contributed by atoms with Crippen LogP contribution in [-0.2, 0) is 0 Å². The maximum Gasteiger partial charge on any atom is 0.192 e. The average Bonchev–Trinajstić information content (AvgIpc) is 3.22. The lowest BCUT2D eigenvalue weighted by Crippen LogP contribution is -2.22. The van der Waals surface area contributed by atoms with Gasteiger partial charge < -0.3 is 4.74 Å². The number of nitrogens with zero attached hydrogens (tertiary/aromatic N) is 3. The summed E-state index contributed by atoms with van der Waals surface area (Å²) >= 11 is 1.39. The fraction of sp³-hybridized carbons (Fsp3) is 0.375. The second-order valence-electron chi connectivity index (χ2n) is 7.95. The molecule has 0 unspecified atom stereocenters. The zero-order chi connectivity index (χ0) is 21.8. The molecule has 0 spiro atoms. The van der Waals surface area contributed by atoms with E-state index in [1.54, 1.807) is 7.11 Å². The van der Waals surface area contributed by atoms with E-state index in [9.17, 15) is 9.18 Å². The SMILES string of the molecule is COc1ccc(-c2nnc(SCC(=O)c3ccc(F)cc3)n2[C@H]2CCCC[C@@H]2C)cc1. The van der Waals surface area contributed by atoms with Crippen molar-refractivity contribution in [1.29, 1.82) is 0 Å². The largest absolute Gasteiger partial charge is 0.497 e. The first-order chi connectivity index (χ1) is 15.1. The predicted octanol–water partition coefficient (Wildman–Crippen LogP) is 5.82. The molecule has 0 amide bonds. The van der Waals surface area contributed by atoms with Crippen LogP contribution in [0.15, 0.2) is 53.7 Å². The highest BCUT2D eigenvalue weighted by molar-refractivity contribution is 7.99. The summed E-state index contributed by atoms with van der Waals surface area (Å²) in [5, 5.41) is 9.71. The highest BCUT2D eigenvalue weighted by Crippen LogP contribution is 2.39. The van der Waals surface area contributed by atoms with E-state index >= 15 is 0 Å².